The fraction of sp³-hybridized carbons (Fsp3) is 0.538. The molecule has 0 bridgehead atoms. The van der Waals surface area contributed by atoms with Crippen molar-refractivity contribution < 1.29 is 13.5 Å². The normalized spacial score (nSPS) is 21.6. The van der Waals surface area contributed by atoms with Crippen molar-refractivity contribution in [3.8, 4) is 5.75 Å². The van der Waals surface area contributed by atoms with Crippen LogP contribution in [-0.4, -0.2) is 31.1 Å². The average molecular weight is 269 g/mol. The number of phenolic OH excluding ortho intramolecular Hbond substituents is 1. The van der Waals surface area contributed by atoms with Gasteiger partial charge in [-0.3, -0.25) is 0 Å². The van der Waals surface area contributed by atoms with E-state index in [0.29, 0.717) is 12.8 Å². The molecule has 5 heteroatoms. The SMILES string of the molecule is CC(NC1CCS(=O)(=O)CC1)c1cccc(O)c1. The molecule has 1 fully saturated rings. The summed E-state index contributed by atoms with van der Waals surface area (Å²) in [6.07, 6.45) is 1.34. The molecule has 1 aromatic carbocycles. The molecule has 4 nitrogen and oxygen atoms in total. The first-order valence-corrected chi connectivity index (χ1v) is 8.04. The molecule has 1 atom stereocenters. The van der Waals surface area contributed by atoms with Crippen molar-refractivity contribution in [2.75, 3.05) is 11.5 Å². The number of hydrogen-bond acceptors (Lipinski definition) is 4. The second kappa shape index (κ2) is 5.28. The number of aromatic hydroxyl groups is 1. The van der Waals surface area contributed by atoms with Crippen LogP contribution >= 0.6 is 0 Å². The van der Waals surface area contributed by atoms with E-state index >= 15 is 0 Å². The van der Waals surface area contributed by atoms with Gasteiger partial charge in [-0.1, -0.05) is 12.1 Å². The van der Waals surface area contributed by atoms with Gasteiger partial charge in [0.2, 0.25) is 0 Å². The van der Waals surface area contributed by atoms with Crippen LogP contribution < -0.4 is 5.32 Å². The van der Waals surface area contributed by atoms with Crippen molar-refractivity contribution >= 4 is 9.84 Å². The van der Waals surface area contributed by atoms with E-state index in [-0.39, 0.29) is 29.3 Å². The first kappa shape index (κ1) is 13.4. The van der Waals surface area contributed by atoms with Gasteiger partial charge in [0.05, 0.1) is 11.5 Å². The minimum absolute atomic E-state index is 0.114. The first-order chi connectivity index (χ1) is 8.46. The fourth-order valence-corrected chi connectivity index (χ4v) is 3.79. The Hall–Kier alpha value is -1.07. The van der Waals surface area contributed by atoms with E-state index in [1.54, 1.807) is 12.1 Å². The van der Waals surface area contributed by atoms with Gasteiger partial charge in [-0.15, -0.1) is 0 Å². The summed E-state index contributed by atoms with van der Waals surface area (Å²) in [5.41, 5.74) is 1.02. The molecule has 1 heterocycles. The van der Waals surface area contributed by atoms with E-state index in [1.807, 2.05) is 19.1 Å². The van der Waals surface area contributed by atoms with E-state index in [4.69, 9.17) is 0 Å². The summed E-state index contributed by atoms with van der Waals surface area (Å²) in [4.78, 5) is 0. The molecular weight excluding hydrogens is 250 g/mol. The van der Waals surface area contributed by atoms with Crippen molar-refractivity contribution in [2.24, 2.45) is 0 Å². The molecule has 0 aliphatic carbocycles. The Morgan fingerprint density at radius 3 is 2.61 bits per heavy atom. The Morgan fingerprint density at radius 1 is 1.33 bits per heavy atom. The minimum atomic E-state index is -2.80. The van der Waals surface area contributed by atoms with Crippen LogP contribution in [0.25, 0.3) is 0 Å². The molecule has 1 aliphatic rings. The molecule has 1 unspecified atom stereocenters. The molecule has 2 rings (SSSR count). The van der Waals surface area contributed by atoms with Gasteiger partial charge in [-0.2, -0.15) is 0 Å². The lowest BCUT2D eigenvalue weighted by atomic mass is 10.1. The number of nitrogens with one attached hydrogen (secondary N) is 1. The van der Waals surface area contributed by atoms with Crippen LogP contribution in [0.5, 0.6) is 5.75 Å². The average Bonchev–Trinajstić information content (AvgIpc) is 2.32. The maximum atomic E-state index is 11.3. The van der Waals surface area contributed by atoms with Crippen LogP contribution in [0.2, 0.25) is 0 Å². The second-order valence-corrected chi connectivity index (χ2v) is 7.21. The third-order valence-electron chi connectivity index (χ3n) is 3.41. The highest BCUT2D eigenvalue weighted by Crippen LogP contribution is 2.21. The lowest BCUT2D eigenvalue weighted by molar-refractivity contribution is 0.418. The molecule has 0 saturated carbocycles. The van der Waals surface area contributed by atoms with Gasteiger partial charge in [-0.25, -0.2) is 8.42 Å². The maximum absolute atomic E-state index is 11.3. The number of sulfone groups is 1. The van der Waals surface area contributed by atoms with E-state index in [9.17, 15) is 13.5 Å². The van der Waals surface area contributed by atoms with E-state index < -0.39 is 9.84 Å². The summed E-state index contributed by atoms with van der Waals surface area (Å²) in [5, 5.41) is 12.9. The largest absolute Gasteiger partial charge is 0.508 e. The zero-order valence-electron chi connectivity index (χ0n) is 10.5. The number of rotatable bonds is 3. The molecule has 2 N–H and O–H groups in total. The van der Waals surface area contributed by atoms with E-state index in [1.165, 1.54) is 0 Å². The fourth-order valence-electron chi connectivity index (χ4n) is 2.30. The number of phenols is 1. The molecule has 0 amide bonds. The Morgan fingerprint density at radius 2 is 2.00 bits per heavy atom. The molecule has 100 valence electrons. The predicted octanol–water partition coefficient (Wildman–Crippen LogP) is 1.62. The summed E-state index contributed by atoms with van der Waals surface area (Å²) in [7, 11) is -2.80. The highest BCUT2D eigenvalue weighted by molar-refractivity contribution is 7.91. The van der Waals surface area contributed by atoms with Crippen LogP contribution in [0, 0.1) is 0 Å². The van der Waals surface area contributed by atoms with Gasteiger partial charge in [0, 0.05) is 12.1 Å². The monoisotopic (exact) mass is 269 g/mol. The number of benzene rings is 1. The van der Waals surface area contributed by atoms with Crippen LogP contribution in [0.15, 0.2) is 24.3 Å². The highest BCUT2D eigenvalue weighted by Gasteiger charge is 2.24. The molecule has 1 aromatic rings. The van der Waals surface area contributed by atoms with Gasteiger partial charge < -0.3 is 10.4 Å². The third-order valence-corrected chi connectivity index (χ3v) is 5.13. The Bertz CT molecular complexity index is 499. The lowest BCUT2D eigenvalue weighted by Crippen LogP contribution is -2.38. The topological polar surface area (TPSA) is 66.4 Å². The van der Waals surface area contributed by atoms with Crippen LogP contribution in [0.3, 0.4) is 0 Å². The Labute approximate surface area is 108 Å². The molecule has 18 heavy (non-hydrogen) atoms. The van der Waals surface area contributed by atoms with Crippen molar-refractivity contribution in [2.45, 2.75) is 31.8 Å². The Kier molecular flexibility index (Phi) is 3.92. The van der Waals surface area contributed by atoms with Crippen LogP contribution in [0.4, 0.5) is 0 Å². The zero-order chi connectivity index (χ0) is 13.2. The smallest absolute Gasteiger partial charge is 0.150 e. The van der Waals surface area contributed by atoms with Gasteiger partial charge >= 0.3 is 0 Å². The summed E-state index contributed by atoms with van der Waals surface area (Å²) in [5.74, 6) is 0.807. The number of hydrogen-bond donors (Lipinski definition) is 2. The minimum Gasteiger partial charge on any atom is -0.508 e. The van der Waals surface area contributed by atoms with Crippen molar-refractivity contribution in [1.29, 1.82) is 0 Å². The molecule has 1 aliphatic heterocycles. The highest BCUT2D eigenvalue weighted by atomic mass is 32.2. The lowest BCUT2D eigenvalue weighted by Gasteiger charge is -2.26. The molecule has 0 aromatic heterocycles. The molecule has 1 saturated heterocycles. The predicted molar refractivity (Wildman–Crippen MR) is 71.3 cm³/mol. The third kappa shape index (κ3) is 3.46. The van der Waals surface area contributed by atoms with Crippen molar-refractivity contribution in [1.82, 2.24) is 5.32 Å². The summed E-state index contributed by atoms with van der Waals surface area (Å²) in [6.45, 7) is 2.03. The van der Waals surface area contributed by atoms with Gasteiger partial charge in [0.1, 0.15) is 15.6 Å². The standard InChI is InChI=1S/C13H19NO3S/c1-10(11-3-2-4-13(15)9-11)14-12-5-7-18(16,17)8-6-12/h2-4,9-10,12,14-15H,5-8H2,1H3. The zero-order valence-corrected chi connectivity index (χ0v) is 11.3. The van der Waals surface area contributed by atoms with Crippen LogP contribution in [0.1, 0.15) is 31.4 Å². The van der Waals surface area contributed by atoms with Crippen LogP contribution in [-0.2, 0) is 9.84 Å². The summed E-state index contributed by atoms with van der Waals surface area (Å²) >= 11 is 0. The van der Waals surface area contributed by atoms with Crippen molar-refractivity contribution in [3.05, 3.63) is 29.8 Å². The molecule has 0 spiro atoms. The Balaban J connectivity index is 1.94. The first-order valence-electron chi connectivity index (χ1n) is 6.22. The second-order valence-electron chi connectivity index (χ2n) is 4.91. The van der Waals surface area contributed by atoms with Gasteiger partial charge in [-0.05, 0) is 37.5 Å². The molecular formula is C13H19NO3S. The van der Waals surface area contributed by atoms with E-state index in [0.717, 1.165) is 5.56 Å². The van der Waals surface area contributed by atoms with Gasteiger partial charge in [0.15, 0.2) is 0 Å². The molecule has 0 radical (unpaired) electrons. The van der Waals surface area contributed by atoms with Gasteiger partial charge in [0.25, 0.3) is 0 Å². The van der Waals surface area contributed by atoms with Crippen molar-refractivity contribution in [3.63, 3.8) is 0 Å². The summed E-state index contributed by atoms with van der Waals surface area (Å²) in [6, 6.07) is 7.50. The maximum Gasteiger partial charge on any atom is 0.150 e. The quantitative estimate of drug-likeness (QED) is 0.875. The van der Waals surface area contributed by atoms with E-state index in [2.05, 4.69) is 5.32 Å². The summed E-state index contributed by atoms with van der Waals surface area (Å²) < 4.78 is 22.7.